The SMILES string of the molecule is CC.CC.CCC(C)CC[C@@H](C=O)[C@H](CCc1cc(F)cc(F)c1)C(N)=O. The molecular weight excluding hydrogens is 348 g/mol. The quantitative estimate of drug-likeness (QED) is 0.526. The summed E-state index contributed by atoms with van der Waals surface area (Å²) in [6, 6.07) is 3.27. The van der Waals surface area contributed by atoms with Crippen molar-refractivity contribution in [2.45, 2.75) is 73.6 Å². The summed E-state index contributed by atoms with van der Waals surface area (Å²) in [7, 11) is 0. The molecule has 0 fully saturated rings. The van der Waals surface area contributed by atoms with Crippen molar-refractivity contribution < 1.29 is 18.4 Å². The number of benzene rings is 1. The van der Waals surface area contributed by atoms with Gasteiger partial charge in [-0.3, -0.25) is 4.79 Å². The van der Waals surface area contributed by atoms with Gasteiger partial charge in [0.15, 0.2) is 0 Å². The molecule has 3 nitrogen and oxygen atoms in total. The third-order valence-electron chi connectivity index (χ3n) is 4.41. The Morgan fingerprint density at radius 3 is 1.96 bits per heavy atom. The van der Waals surface area contributed by atoms with Gasteiger partial charge in [0.2, 0.25) is 5.91 Å². The van der Waals surface area contributed by atoms with Gasteiger partial charge in [-0.25, -0.2) is 8.78 Å². The number of hydrogen-bond acceptors (Lipinski definition) is 2. The minimum atomic E-state index is -0.653. The molecule has 3 atom stereocenters. The Hall–Kier alpha value is -1.78. The summed E-state index contributed by atoms with van der Waals surface area (Å²) < 4.78 is 26.4. The highest BCUT2D eigenvalue weighted by molar-refractivity contribution is 5.80. The topological polar surface area (TPSA) is 60.2 Å². The molecule has 1 unspecified atom stereocenters. The summed E-state index contributed by atoms with van der Waals surface area (Å²) in [5.74, 6) is -2.42. The van der Waals surface area contributed by atoms with E-state index in [0.29, 0.717) is 30.7 Å². The number of primary amides is 1. The lowest BCUT2D eigenvalue weighted by molar-refractivity contribution is -0.127. The van der Waals surface area contributed by atoms with Gasteiger partial charge in [0, 0.05) is 17.9 Å². The maximum Gasteiger partial charge on any atom is 0.221 e. The zero-order valence-electron chi connectivity index (χ0n) is 17.7. The molecule has 0 spiro atoms. The molecule has 0 aliphatic carbocycles. The molecule has 0 aliphatic rings. The number of aryl methyl sites for hydroxylation is 1. The number of rotatable bonds is 10. The van der Waals surface area contributed by atoms with E-state index < -0.39 is 29.4 Å². The minimum Gasteiger partial charge on any atom is -0.369 e. The van der Waals surface area contributed by atoms with Gasteiger partial charge >= 0.3 is 0 Å². The van der Waals surface area contributed by atoms with E-state index in [1.807, 2.05) is 27.7 Å². The minimum absolute atomic E-state index is 0.302. The van der Waals surface area contributed by atoms with Crippen molar-refractivity contribution in [1.82, 2.24) is 0 Å². The second-order valence-electron chi connectivity index (χ2n) is 6.22. The first-order valence-electron chi connectivity index (χ1n) is 10.1. The first-order valence-corrected chi connectivity index (χ1v) is 10.1. The average Bonchev–Trinajstić information content (AvgIpc) is 2.66. The maximum atomic E-state index is 13.2. The van der Waals surface area contributed by atoms with Crippen molar-refractivity contribution in [3.05, 3.63) is 35.4 Å². The van der Waals surface area contributed by atoms with Crippen LogP contribution in [0, 0.1) is 29.4 Å². The van der Waals surface area contributed by atoms with Gasteiger partial charge < -0.3 is 10.5 Å². The monoisotopic (exact) mass is 385 g/mol. The second kappa shape index (κ2) is 16.4. The van der Waals surface area contributed by atoms with Crippen LogP contribution in [0.5, 0.6) is 0 Å². The van der Waals surface area contributed by atoms with Crippen LogP contribution in [0.25, 0.3) is 0 Å². The molecule has 0 saturated heterocycles. The summed E-state index contributed by atoms with van der Waals surface area (Å²) in [4.78, 5) is 23.0. The fourth-order valence-electron chi connectivity index (χ4n) is 2.69. The highest BCUT2D eigenvalue weighted by atomic mass is 19.1. The number of aldehydes is 1. The standard InChI is InChI=1S/C18H25F2NO2.2C2H6/c1-3-12(2)4-6-14(11-22)17(18(21)23)7-5-13-8-15(19)10-16(20)9-13;2*1-2/h8-12,14,17H,3-7H2,1-2H3,(H2,21,23);2*1-2H3/t12?,14-,17-;;/m0../s1. The summed E-state index contributed by atoms with van der Waals surface area (Å²) in [6.45, 7) is 12.2. The Labute approximate surface area is 163 Å². The van der Waals surface area contributed by atoms with Gasteiger partial charge in [0.05, 0.1) is 0 Å². The normalized spacial score (nSPS) is 13.2. The average molecular weight is 386 g/mol. The van der Waals surface area contributed by atoms with E-state index in [0.717, 1.165) is 25.2 Å². The second-order valence-corrected chi connectivity index (χ2v) is 6.22. The number of amides is 1. The molecule has 2 N–H and O–H groups in total. The smallest absolute Gasteiger partial charge is 0.221 e. The van der Waals surface area contributed by atoms with Gasteiger partial charge in [-0.2, -0.15) is 0 Å². The van der Waals surface area contributed by atoms with Crippen LogP contribution >= 0.6 is 0 Å². The van der Waals surface area contributed by atoms with Crippen LogP contribution in [0.4, 0.5) is 8.78 Å². The Bertz CT molecular complexity index is 515. The predicted octanol–water partition coefficient (Wildman–Crippen LogP) is 5.69. The van der Waals surface area contributed by atoms with E-state index in [1.54, 1.807) is 0 Å². The molecule has 0 aromatic heterocycles. The van der Waals surface area contributed by atoms with Crippen LogP contribution in [0.15, 0.2) is 18.2 Å². The van der Waals surface area contributed by atoms with Crippen LogP contribution in [0.3, 0.4) is 0 Å². The largest absolute Gasteiger partial charge is 0.369 e. The zero-order chi connectivity index (χ0) is 21.4. The van der Waals surface area contributed by atoms with Crippen LogP contribution in [0.1, 0.15) is 72.8 Å². The lowest BCUT2D eigenvalue weighted by Gasteiger charge is -2.21. The molecule has 0 radical (unpaired) electrons. The van der Waals surface area contributed by atoms with Crippen LogP contribution < -0.4 is 5.73 Å². The molecule has 5 heteroatoms. The third-order valence-corrected chi connectivity index (χ3v) is 4.41. The number of halogens is 2. The van der Waals surface area contributed by atoms with E-state index in [1.165, 1.54) is 12.1 Å². The number of nitrogens with two attached hydrogens (primary N) is 1. The Kier molecular flexibility index (Phi) is 16.7. The molecule has 156 valence electrons. The molecule has 1 aromatic carbocycles. The van der Waals surface area contributed by atoms with Crippen LogP contribution in [-0.4, -0.2) is 12.2 Å². The summed E-state index contributed by atoms with van der Waals surface area (Å²) in [5, 5.41) is 0. The molecule has 0 heterocycles. The number of carbonyl (C=O) groups is 2. The van der Waals surface area contributed by atoms with E-state index >= 15 is 0 Å². The van der Waals surface area contributed by atoms with E-state index in [2.05, 4.69) is 13.8 Å². The Morgan fingerprint density at radius 1 is 1.04 bits per heavy atom. The van der Waals surface area contributed by atoms with Crippen LogP contribution in [-0.2, 0) is 16.0 Å². The van der Waals surface area contributed by atoms with Crippen molar-refractivity contribution in [2.75, 3.05) is 0 Å². The Morgan fingerprint density at radius 2 is 1.56 bits per heavy atom. The van der Waals surface area contributed by atoms with Gasteiger partial charge in [0.25, 0.3) is 0 Å². The maximum absolute atomic E-state index is 13.2. The fourth-order valence-corrected chi connectivity index (χ4v) is 2.69. The van der Waals surface area contributed by atoms with Gasteiger partial charge in [-0.15, -0.1) is 0 Å². The summed E-state index contributed by atoms with van der Waals surface area (Å²) in [5.41, 5.74) is 5.89. The molecule has 0 saturated carbocycles. The zero-order valence-corrected chi connectivity index (χ0v) is 17.7. The van der Waals surface area contributed by atoms with Crippen molar-refractivity contribution in [1.29, 1.82) is 0 Å². The summed E-state index contributed by atoms with van der Waals surface area (Å²) >= 11 is 0. The van der Waals surface area contributed by atoms with Crippen molar-refractivity contribution >= 4 is 12.2 Å². The van der Waals surface area contributed by atoms with Gasteiger partial charge in [-0.1, -0.05) is 54.4 Å². The molecule has 1 aromatic rings. The number of carbonyl (C=O) groups excluding carboxylic acids is 2. The highest BCUT2D eigenvalue weighted by Crippen LogP contribution is 2.24. The summed E-state index contributed by atoms with van der Waals surface area (Å²) in [6.07, 6.45) is 3.85. The fraction of sp³-hybridized carbons (Fsp3) is 0.636. The molecule has 1 rings (SSSR count). The molecular formula is C22H37F2NO2. The van der Waals surface area contributed by atoms with Crippen LogP contribution in [0.2, 0.25) is 0 Å². The first-order chi connectivity index (χ1) is 12.9. The Balaban J connectivity index is 0. The molecule has 1 amide bonds. The lowest BCUT2D eigenvalue weighted by Crippen LogP contribution is -2.31. The van der Waals surface area contributed by atoms with Crippen molar-refractivity contribution in [3.8, 4) is 0 Å². The first kappa shape index (κ1) is 27.4. The molecule has 0 bridgehead atoms. The van der Waals surface area contributed by atoms with E-state index in [9.17, 15) is 18.4 Å². The van der Waals surface area contributed by atoms with Crippen molar-refractivity contribution in [2.24, 2.45) is 23.5 Å². The van der Waals surface area contributed by atoms with E-state index in [4.69, 9.17) is 5.73 Å². The van der Waals surface area contributed by atoms with Crippen molar-refractivity contribution in [3.63, 3.8) is 0 Å². The lowest BCUT2D eigenvalue weighted by atomic mass is 9.83. The van der Waals surface area contributed by atoms with Gasteiger partial charge in [0.1, 0.15) is 17.9 Å². The van der Waals surface area contributed by atoms with E-state index in [-0.39, 0.29) is 0 Å². The molecule has 0 aliphatic heterocycles. The number of hydrogen-bond donors (Lipinski definition) is 1. The predicted molar refractivity (Wildman–Crippen MR) is 108 cm³/mol. The highest BCUT2D eigenvalue weighted by Gasteiger charge is 2.26. The molecule has 27 heavy (non-hydrogen) atoms. The third kappa shape index (κ3) is 11.5. The van der Waals surface area contributed by atoms with Gasteiger partial charge in [-0.05, 0) is 42.9 Å².